The van der Waals surface area contributed by atoms with E-state index in [0.29, 0.717) is 23.8 Å². The third kappa shape index (κ3) is 5.72. The molecule has 30 heavy (non-hydrogen) atoms. The number of alkyl halides is 3. The van der Waals surface area contributed by atoms with E-state index in [1.807, 2.05) is 0 Å². The lowest BCUT2D eigenvalue weighted by Crippen LogP contribution is -2.38. The number of anilines is 1. The van der Waals surface area contributed by atoms with Crippen LogP contribution in [0.15, 0.2) is 36.5 Å². The normalized spacial score (nSPS) is 19.2. The molecule has 0 bridgehead atoms. The average Bonchev–Trinajstić information content (AvgIpc) is 2.73. The number of amides is 1. The van der Waals surface area contributed by atoms with Gasteiger partial charge in [-0.3, -0.25) is 9.59 Å². The molecule has 0 unspecified atom stereocenters. The second-order valence-electron chi connectivity index (χ2n) is 7.36. The van der Waals surface area contributed by atoms with Crippen molar-refractivity contribution in [3.05, 3.63) is 58.2 Å². The van der Waals surface area contributed by atoms with Gasteiger partial charge in [0.05, 0.1) is 16.1 Å². The number of hydrogen-bond acceptors (Lipinski definition) is 4. The highest BCUT2D eigenvalue weighted by Gasteiger charge is 2.32. The number of nitrogens with one attached hydrogen (secondary N) is 2. The number of benzene rings is 1. The van der Waals surface area contributed by atoms with Gasteiger partial charge >= 0.3 is 6.18 Å². The SMILES string of the molecule is O=Cc1ccc(NCC2CCC(NC(=O)c3cc(C(F)(F)F)ccc3Cl)CC2)nc1. The Morgan fingerprint density at radius 2 is 1.90 bits per heavy atom. The van der Waals surface area contributed by atoms with Crippen molar-refractivity contribution < 1.29 is 22.8 Å². The van der Waals surface area contributed by atoms with Gasteiger partial charge in [-0.05, 0) is 61.9 Å². The van der Waals surface area contributed by atoms with Crippen molar-refractivity contribution in [1.29, 1.82) is 0 Å². The van der Waals surface area contributed by atoms with Gasteiger partial charge in [0, 0.05) is 24.3 Å². The summed E-state index contributed by atoms with van der Waals surface area (Å²) in [5.41, 5.74) is -0.556. The molecule has 2 N–H and O–H groups in total. The van der Waals surface area contributed by atoms with Crippen LogP contribution >= 0.6 is 11.6 Å². The van der Waals surface area contributed by atoms with Gasteiger partial charge in [-0.2, -0.15) is 13.2 Å². The Morgan fingerprint density at radius 3 is 2.50 bits per heavy atom. The van der Waals surface area contributed by atoms with Crippen molar-refractivity contribution in [3.8, 4) is 0 Å². The Kier molecular flexibility index (Phi) is 6.97. The number of pyridine rings is 1. The van der Waals surface area contributed by atoms with E-state index in [2.05, 4.69) is 15.6 Å². The van der Waals surface area contributed by atoms with E-state index in [1.165, 1.54) is 6.20 Å². The Morgan fingerprint density at radius 1 is 1.17 bits per heavy atom. The van der Waals surface area contributed by atoms with E-state index in [0.717, 1.165) is 50.2 Å². The van der Waals surface area contributed by atoms with Crippen LogP contribution in [0.5, 0.6) is 0 Å². The first kappa shape index (κ1) is 22.1. The highest BCUT2D eigenvalue weighted by atomic mass is 35.5. The first-order chi connectivity index (χ1) is 14.3. The summed E-state index contributed by atoms with van der Waals surface area (Å²) in [6, 6.07) is 6.07. The number of carbonyl (C=O) groups excluding carboxylic acids is 2. The van der Waals surface area contributed by atoms with Gasteiger partial charge < -0.3 is 10.6 Å². The van der Waals surface area contributed by atoms with Crippen LogP contribution in [0.25, 0.3) is 0 Å². The third-order valence-electron chi connectivity index (χ3n) is 5.21. The van der Waals surface area contributed by atoms with Crippen LogP contribution < -0.4 is 10.6 Å². The molecule has 9 heteroatoms. The number of aldehydes is 1. The molecule has 1 aliphatic rings. The maximum atomic E-state index is 12.9. The van der Waals surface area contributed by atoms with E-state index in [9.17, 15) is 22.8 Å². The van der Waals surface area contributed by atoms with E-state index < -0.39 is 17.6 Å². The summed E-state index contributed by atoms with van der Waals surface area (Å²) in [6.07, 6.45) is 0.881. The summed E-state index contributed by atoms with van der Waals surface area (Å²) in [4.78, 5) is 27.3. The van der Waals surface area contributed by atoms with Gasteiger partial charge in [0.1, 0.15) is 5.82 Å². The maximum Gasteiger partial charge on any atom is 0.416 e. The molecule has 5 nitrogen and oxygen atoms in total. The topological polar surface area (TPSA) is 71.1 Å². The zero-order valence-corrected chi connectivity index (χ0v) is 16.8. The fourth-order valence-corrected chi connectivity index (χ4v) is 3.68. The number of nitrogens with zero attached hydrogens (tertiary/aromatic N) is 1. The number of hydrogen-bond donors (Lipinski definition) is 2. The van der Waals surface area contributed by atoms with Crippen molar-refractivity contribution in [2.75, 3.05) is 11.9 Å². The van der Waals surface area contributed by atoms with E-state index in [1.54, 1.807) is 12.1 Å². The third-order valence-corrected chi connectivity index (χ3v) is 5.54. The Hall–Kier alpha value is -2.61. The molecule has 2 aromatic rings. The summed E-state index contributed by atoms with van der Waals surface area (Å²) in [7, 11) is 0. The van der Waals surface area contributed by atoms with Gasteiger partial charge in [-0.1, -0.05) is 11.6 Å². The van der Waals surface area contributed by atoms with Gasteiger partial charge in [0.2, 0.25) is 0 Å². The van der Waals surface area contributed by atoms with E-state index >= 15 is 0 Å². The van der Waals surface area contributed by atoms with Crippen LogP contribution in [-0.4, -0.2) is 29.8 Å². The predicted molar refractivity (Wildman–Crippen MR) is 108 cm³/mol. The van der Waals surface area contributed by atoms with Crippen LogP contribution in [-0.2, 0) is 6.18 Å². The monoisotopic (exact) mass is 439 g/mol. The molecule has 1 aromatic heterocycles. The van der Waals surface area contributed by atoms with Crippen molar-refractivity contribution >= 4 is 29.6 Å². The van der Waals surface area contributed by atoms with Crippen molar-refractivity contribution in [1.82, 2.24) is 10.3 Å². The molecule has 0 radical (unpaired) electrons. The van der Waals surface area contributed by atoms with Gasteiger partial charge in [-0.15, -0.1) is 0 Å². The molecule has 1 amide bonds. The lowest BCUT2D eigenvalue weighted by molar-refractivity contribution is -0.137. The van der Waals surface area contributed by atoms with Crippen molar-refractivity contribution in [3.63, 3.8) is 0 Å². The molecule has 0 saturated heterocycles. The zero-order valence-electron chi connectivity index (χ0n) is 16.0. The first-order valence-electron chi connectivity index (χ1n) is 9.59. The molecule has 0 spiro atoms. The summed E-state index contributed by atoms with van der Waals surface area (Å²) >= 11 is 5.94. The highest BCUT2D eigenvalue weighted by Crippen LogP contribution is 2.32. The minimum atomic E-state index is -4.53. The summed E-state index contributed by atoms with van der Waals surface area (Å²) in [5.74, 6) is 0.491. The number of carbonyl (C=O) groups is 2. The molecule has 0 aliphatic heterocycles. The smallest absolute Gasteiger partial charge is 0.370 e. The first-order valence-corrected chi connectivity index (χ1v) is 9.97. The van der Waals surface area contributed by atoms with Gasteiger partial charge in [-0.25, -0.2) is 4.98 Å². The van der Waals surface area contributed by atoms with Crippen molar-refractivity contribution in [2.45, 2.75) is 37.9 Å². The van der Waals surface area contributed by atoms with Gasteiger partial charge in [0.15, 0.2) is 6.29 Å². The van der Waals surface area contributed by atoms with Crippen LogP contribution in [0.2, 0.25) is 5.02 Å². The number of rotatable bonds is 6. The summed E-state index contributed by atoms with van der Waals surface area (Å²) in [6.45, 7) is 0.716. The molecule has 1 heterocycles. The molecule has 1 fully saturated rings. The lowest BCUT2D eigenvalue weighted by Gasteiger charge is -2.29. The summed E-state index contributed by atoms with van der Waals surface area (Å²) in [5, 5.41) is 6.03. The molecule has 160 valence electrons. The highest BCUT2D eigenvalue weighted by molar-refractivity contribution is 6.33. The van der Waals surface area contributed by atoms with Crippen LogP contribution in [0, 0.1) is 5.92 Å². The van der Waals surface area contributed by atoms with Crippen LogP contribution in [0.4, 0.5) is 19.0 Å². The van der Waals surface area contributed by atoms with E-state index in [4.69, 9.17) is 11.6 Å². The molecular formula is C21H21ClF3N3O2. The number of aromatic nitrogens is 1. The predicted octanol–water partition coefficient (Wildman–Crippen LogP) is 4.97. The second kappa shape index (κ2) is 9.47. The lowest BCUT2D eigenvalue weighted by atomic mass is 9.86. The van der Waals surface area contributed by atoms with Crippen molar-refractivity contribution in [2.24, 2.45) is 5.92 Å². The summed E-state index contributed by atoms with van der Waals surface area (Å²) < 4.78 is 38.7. The molecule has 0 atom stereocenters. The zero-order chi connectivity index (χ0) is 21.7. The average molecular weight is 440 g/mol. The fraction of sp³-hybridized carbons (Fsp3) is 0.381. The van der Waals surface area contributed by atoms with Crippen LogP contribution in [0.3, 0.4) is 0 Å². The quantitative estimate of drug-likeness (QED) is 0.623. The molecular weight excluding hydrogens is 419 g/mol. The Bertz CT molecular complexity index is 895. The minimum Gasteiger partial charge on any atom is -0.370 e. The Labute approximate surface area is 177 Å². The standard InChI is InChI=1S/C21H21ClF3N3O2/c22-18-7-4-15(21(23,24)25)9-17(18)20(30)28-16-5-1-13(2-6-16)10-26-19-8-3-14(12-29)11-27-19/h3-4,7-9,11-13,16H,1-2,5-6,10H2,(H,26,27)(H,28,30). The minimum absolute atomic E-state index is 0.00789. The number of halogens is 4. The molecule has 1 saturated carbocycles. The Balaban J connectivity index is 1.49. The maximum absolute atomic E-state index is 12.9. The van der Waals surface area contributed by atoms with Gasteiger partial charge in [0.25, 0.3) is 5.91 Å². The molecule has 3 rings (SSSR count). The van der Waals surface area contributed by atoms with E-state index in [-0.39, 0.29) is 16.6 Å². The van der Waals surface area contributed by atoms with Crippen LogP contribution in [0.1, 0.15) is 52.0 Å². The molecule has 1 aromatic carbocycles. The largest absolute Gasteiger partial charge is 0.416 e. The fourth-order valence-electron chi connectivity index (χ4n) is 3.48. The molecule has 1 aliphatic carbocycles. The second-order valence-corrected chi connectivity index (χ2v) is 7.77.